The quantitative estimate of drug-likeness (QED) is 0.886. The van der Waals surface area contributed by atoms with Crippen molar-refractivity contribution in [1.29, 1.82) is 0 Å². The summed E-state index contributed by atoms with van der Waals surface area (Å²) in [5, 5.41) is 20.2. The topological polar surface area (TPSA) is 46.9 Å². The molecule has 24 heavy (non-hydrogen) atoms. The normalized spacial score (nSPS) is 28.2. The molecule has 2 aliphatic heterocycles. The number of hydrogen-bond donors (Lipinski definition) is 2. The van der Waals surface area contributed by atoms with Gasteiger partial charge < -0.3 is 10.2 Å². The highest BCUT2D eigenvalue weighted by molar-refractivity contribution is 5.52. The Morgan fingerprint density at radius 2 is 1.79 bits per heavy atom. The van der Waals surface area contributed by atoms with E-state index in [1.54, 1.807) is 0 Å². The van der Waals surface area contributed by atoms with Gasteiger partial charge in [-0.2, -0.15) is 0 Å². The molecule has 0 aromatic heterocycles. The number of likely N-dealkylation sites (tertiary alicyclic amines) is 2. The summed E-state index contributed by atoms with van der Waals surface area (Å²) in [5.41, 5.74) is 2.56. The predicted octanol–water partition coefficient (Wildman–Crippen LogP) is 1.98. The van der Waals surface area contributed by atoms with Crippen LogP contribution in [0, 0.1) is 0 Å². The summed E-state index contributed by atoms with van der Waals surface area (Å²) in [6.45, 7) is 6.67. The largest absolute Gasteiger partial charge is 0.393 e. The molecule has 2 atom stereocenters. The predicted molar refractivity (Wildman–Crippen MR) is 97.8 cm³/mol. The highest BCUT2D eigenvalue weighted by Gasteiger charge is 2.33. The van der Waals surface area contributed by atoms with Gasteiger partial charge in [0, 0.05) is 38.8 Å². The molecule has 0 radical (unpaired) electrons. The van der Waals surface area contributed by atoms with Crippen molar-refractivity contribution in [2.75, 3.05) is 32.7 Å². The Balaban J connectivity index is 1.51. The fourth-order valence-corrected chi connectivity index (χ4v) is 4.00. The van der Waals surface area contributed by atoms with Crippen molar-refractivity contribution >= 4 is 6.08 Å². The number of β-amino-alcohol motifs (C(OH)–C–C–N with tert-alkyl or cyclic N) is 1. The molecule has 1 aromatic rings. The number of nitrogens with zero attached hydrogens (tertiary/aromatic N) is 2. The van der Waals surface area contributed by atoms with Crippen molar-refractivity contribution < 1.29 is 10.2 Å². The molecule has 2 heterocycles. The van der Waals surface area contributed by atoms with E-state index in [0.717, 1.165) is 52.0 Å². The van der Waals surface area contributed by atoms with Crippen LogP contribution in [0.3, 0.4) is 0 Å². The van der Waals surface area contributed by atoms with Crippen LogP contribution >= 0.6 is 0 Å². The zero-order chi connectivity index (χ0) is 16.9. The van der Waals surface area contributed by atoms with Gasteiger partial charge >= 0.3 is 0 Å². The second kappa shape index (κ2) is 8.26. The van der Waals surface area contributed by atoms with Crippen LogP contribution in [-0.2, 0) is 0 Å². The van der Waals surface area contributed by atoms with Gasteiger partial charge in [-0.1, -0.05) is 42.0 Å². The molecule has 4 nitrogen and oxygen atoms in total. The average molecular weight is 330 g/mol. The van der Waals surface area contributed by atoms with Crippen molar-refractivity contribution in [3.63, 3.8) is 0 Å². The van der Waals surface area contributed by atoms with Crippen molar-refractivity contribution in [2.24, 2.45) is 0 Å². The molecule has 2 aliphatic rings. The summed E-state index contributed by atoms with van der Waals surface area (Å²) in [6.07, 6.45) is 4.47. The molecule has 132 valence electrons. The van der Waals surface area contributed by atoms with E-state index in [2.05, 4.69) is 47.1 Å². The molecule has 0 bridgehead atoms. The lowest BCUT2D eigenvalue weighted by molar-refractivity contribution is -0.0319. The Labute approximate surface area is 145 Å². The van der Waals surface area contributed by atoms with Crippen LogP contribution in [0.15, 0.2) is 35.9 Å². The van der Waals surface area contributed by atoms with Crippen LogP contribution in [0.5, 0.6) is 0 Å². The van der Waals surface area contributed by atoms with Crippen LogP contribution in [0.4, 0.5) is 0 Å². The molecule has 2 saturated heterocycles. The maximum absolute atomic E-state index is 10.6. The van der Waals surface area contributed by atoms with Crippen LogP contribution in [0.1, 0.15) is 31.7 Å². The van der Waals surface area contributed by atoms with E-state index in [9.17, 15) is 10.2 Å². The number of aliphatic hydroxyl groups is 2. The Hall–Kier alpha value is -1.20. The van der Waals surface area contributed by atoms with Gasteiger partial charge in [0.05, 0.1) is 12.2 Å². The minimum Gasteiger partial charge on any atom is -0.393 e. The highest BCUT2D eigenvalue weighted by Crippen LogP contribution is 2.22. The van der Waals surface area contributed by atoms with Crippen LogP contribution in [0.2, 0.25) is 0 Å². The number of benzene rings is 1. The molecule has 2 fully saturated rings. The smallest absolute Gasteiger partial charge is 0.0822 e. The lowest BCUT2D eigenvalue weighted by Gasteiger charge is -2.43. The van der Waals surface area contributed by atoms with Gasteiger partial charge in [-0.3, -0.25) is 9.80 Å². The molecule has 0 saturated carbocycles. The molecule has 0 unspecified atom stereocenters. The summed E-state index contributed by atoms with van der Waals surface area (Å²) < 4.78 is 0. The first kappa shape index (κ1) is 17.6. The van der Waals surface area contributed by atoms with Crippen molar-refractivity contribution in [3.05, 3.63) is 41.5 Å². The Bertz CT molecular complexity index is 538. The molecule has 3 rings (SSSR count). The van der Waals surface area contributed by atoms with Gasteiger partial charge in [-0.15, -0.1) is 0 Å². The van der Waals surface area contributed by atoms with Crippen LogP contribution < -0.4 is 0 Å². The third kappa shape index (κ3) is 4.67. The van der Waals surface area contributed by atoms with E-state index in [1.807, 2.05) is 6.07 Å². The van der Waals surface area contributed by atoms with Crippen molar-refractivity contribution in [1.82, 2.24) is 9.80 Å². The third-order valence-corrected chi connectivity index (χ3v) is 5.28. The minimum absolute atomic E-state index is 0.149. The first-order valence-electron chi connectivity index (χ1n) is 9.16. The van der Waals surface area contributed by atoms with E-state index in [1.165, 1.54) is 11.1 Å². The Kier molecular flexibility index (Phi) is 6.06. The lowest BCUT2D eigenvalue weighted by atomic mass is 9.96. The second-order valence-corrected chi connectivity index (χ2v) is 7.33. The van der Waals surface area contributed by atoms with Gasteiger partial charge in [-0.25, -0.2) is 0 Å². The van der Waals surface area contributed by atoms with E-state index >= 15 is 0 Å². The fourth-order valence-electron chi connectivity index (χ4n) is 4.00. The number of hydrogen-bond acceptors (Lipinski definition) is 4. The minimum atomic E-state index is -0.293. The zero-order valence-electron chi connectivity index (χ0n) is 14.6. The number of aliphatic hydroxyl groups excluding tert-OH is 2. The zero-order valence-corrected chi connectivity index (χ0v) is 14.6. The first-order valence-corrected chi connectivity index (χ1v) is 9.16. The van der Waals surface area contributed by atoms with E-state index in [0.29, 0.717) is 0 Å². The van der Waals surface area contributed by atoms with E-state index in [-0.39, 0.29) is 18.2 Å². The molecule has 4 heteroatoms. The Morgan fingerprint density at radius 1 is 1.08 bits per heavy atom. The van der Waals surface area contributed by atoms with Crippen molar-refractivity contribution in [3.8, 4) is 0 Å². The summed E-state index contributed by atoms with van der Waals surface area (Å²) >= 11 is 0. The van der Waals surface area contributed by atoms with Gasteiger partial charge in [-0.05, 0) is 31.7 Å². The number of piperidine rings is 2. The van der Waals surface area contributed by atoms with Crippen molar-refractivity contribution in [2.45, 2.75) is 44.4 Å². The van der Waals surface area contributed by atoms with E-state index in [4.69, 9.17) is 0 Å². The standard InChI is InChI=1S/C20H30N2O2/c1-16(13-17-5-3-2-4-6-17)14-21-10-9-19(20(24)15-21)22-11-7-18(23)8-12-22/h2-6,13,18-20,23-24H,7-12,14-15H2,1H3/b16-13+/t19-,20-/m1/s1. The van der Waals surface area contributed by atoms with Gasteiger partial charge in [0.25, 0.3) is 0 Å². The second-order valence-electron chi connectivity index (χ2n) is 7.33. The highest BCUT2D eigenvalue weighted by atomic mass is 16.3. The lowest BCUT2D eigenvalue weighted by Crippen LogP contribution is -2.56. The molecule has 0 spiro atoms. The average Bonchev–Trinajstić information content (AvgIpc) is 2.57. The van der Waals surface area contributed by atoms with E-state index < -0.39 is 0 Å². The fraction of sp³-hybridized carbons (Fsp3) is 0.600. The molecular formula is C20H30N2O2. The molecule has 2 N–H and O–H groups in total. The molecular weight excluding hydrogens is 300 g/mol. The summed E-state index contributed by atoms with van der Waals surface area (Å²) in [7, 11) is 0. The first-order chi connectivity index (χ1) is 11.6. The maximum atomic E-state index is 10.6. The monoisotopic (exact) mass is 330 g/mol. The summed E-state index contributed by atoms with van der Waals surface area (Å²) in [6, 6.07) is 10.7. The summed E-state index contributed by atoms with van der Waals surface area (Å²) in [4.78, 5) is 4.73. The molecule has 0 amide bonds. The molecule has 0 aliphatic carbocycles. The summed E-state index contributed by atoms with van der Waals surface area (Å²) in [5.74, 6) is 0. The van der Waals surface area contributed by atoms with Gasteiger partial charge in [0.1, 0.15) is 0 Å². The third-order valence-electron chi connectivity index (χ3n) is 5.28. The van der Waals surface area contributed by atoms with Gasteiger partial charge in [0.15, 0.2) is 0 Å². The number of rotatable bonds is 4. The maximum Gasteiger partial charge on any atom is 0.0822 e. The Morgan fingerprint density at radius 3 is 2.46 bits per heavy atom. The molecule has 1 aromatic carbocycles. The van der Waals surface area contributed by atoms with Crippen LogP contribution in [-0.4, -0.2) is 71.0 Å². The SMILES string of the molecule is C/C(=C\c1ccccc1)CN1CC[C@@H](N2CCC(O)CC2)[C@H](O)C1. The van der Waals surface area contributed by atoms with Gasteiger partial charge in [0.2, 0.25) is 0 Å². The van der Waals surface area contributed by atoms with Crippen LogP contribution in [0.25, 0.3) is 6.08 Å².